The van der Waals surface area contributed by atoms with Crippen LogP contribution >= 0.6 is 0 Å². The summed E-state index contributed by atoms with van der Waals surface area (Å²) in [6.45, 7) is 11.8. The number of rotatable bonds is 5. The summed E-state index contributed by atoms with van der Waals surface area (Å²) >= 11 is 0. The average Bonchev–Trinajstić information content (AvgIpc) is 2.13. The standard InChI is InChI=1S/C14H29N/c1-5-15-10-13(4)9-14-7-11(2)6-12(3)8-14/h11-15H,5-10H2,1-4H3. The van der Waals surface area contributed by atoms with Crippen molar-refractivity contribution in [3.8, 4) is 0 Å². The number of hydrogen-bond acceptors (Lipinski definition) is 1. The van der Waals surface area contributed by atoms with Crippen molar-refractivity contribution in [2.24, 2.45) is 23.7 Å². The van der Waals surface area contributed by atoms with Gasteiger partial charge in [0.15, 0.2) is 0 Å². The summed E-state index contributed by atoms with van der Waals surface area (Å²) in [4.78, 5) is 0. The van der Waals surface area contributed by atoms with Crippen molar-refractivity contribution in [3.63, 3.8) is 0 Å². The topological polar surface area (TPSA) is 12.0 Å². The first-order valence-corrected chi connectivity index (χ1v) is 6.82. The zero-order chi connectivity index (χ0) is 11.3. The maximum absolute atomic E-state index is 3.46. The van der Waals surface area contributed by atoms with E-state index in [4.69, 9.17) is 0 Å². The number of hydrogen-bond donors (Lipinski definition) is 1. The summed E-state index contributed by atoms with van der Waals surface area (Å²) in [5.74, 6) is 3.78. The average molecular weight is 211 g/mol. The van der Waals surface area contributed by atoms with Crippen molar-refractivity contribution >= 4 is 0 Å². The quantitative estimate of drug-likeness (QED) is 0.731. The lowest BCUT2D eigenvalue weighted by atomic mass is 9.74. The van der Waals surface area contributed by atoms with Crippen LogP contribution in [0, 0.1) is 23.7 Å². The SMILES string of the molecule is CCNCC(C)CC1CC(C)CC(C)C1. The highest BCUT2D eigenvalue weighted by molar-refractivity contribution is 4.76. The molecule has 1 nitrogen and oxygen atoms in total. The first-order chi connectivity index (χ1) is 7.11. The normalized spacial score (nSPS) is 34.0. The van der Waals surface area contributed by atoms with Gasteiger partial charge in [-0.1, -0.05) is 27.7 Å². The zero-order valence-electron chi connectivity index (χ0n) is 11.1. The van der Waals surface area contributed by atoms with Crippen LogP contribution in [-0.2, 0) is 0 Å². The van der Waals surface area contributed by atoms with Gasteiger partial charge < -0.3 is 5.32 Å². The molecule has 90 valence electrons. The van der Waals surface area contributed by atoms with Crippen LogP contribution in [0.4, 0.5) is 0 Å². The van der Waals surface area contributed by atoms with Gasteiger partial charge in [-0.25, -0.2) is 0 Å². The molecule has 0 aromatic heterocycles. The largest absolute Gasteiger partial charge is 0.317 e. The van der Waals surface area contributed by atoms with E-state index in [0.717, 1.165) is 30.2 Å². The predicted molar refractivity (Wildman–Crippen MR) is 68.0 cm³/mol. The molecular weight excluding hydrogens is 182 g/mol. The molecular formula is C14H29N. The Morgan fingerprint density at radius 2 is 1.73 bits per heavy atom. The highest BCUT2D eigenvalue weighted by atomic mass is 14.8. The Kier molecular flexibility index (Phi) is 5.66. The second kappa shape index (κ2) is 6.52. The van der Waals surface area contributed by atoms with Crippen molar-refractivity contribution in [2.75, 3.05) is 13.1 Å². The van der Waals surface area contributed by atoms with E-state index < -0.39 is 0 Å². The minimum atomic E-state index is 0.854. The van der Waals surface area contributed by atoms with Gasteiger partial charge in [-0.3, -0.25) is 0 Å². The molecule has 3 atom stereocenters. The van der Waals surface area contributed by atoms with E-state index in [1.165, 1.54) is 32.2 Å². The fraction of sp³-hybridized carbons (Fsp3) is 1.00. The highest BCUT2D eigenvalue weighted by Gasteiger charge is 2.24. The second-order valence-corrected chi connectivity index (χ2v) is 5.93. The van der Waals surface area contributed by atoms with Gasteiger partial charge in [0, 0.05) is 0 Å². The van der Waals surface area contributed by atoms with Gasteiger partial charge in [0.05, 0.1) is 0 Å². The Hall–Kier alpha value is -0.0400. The molecule has 15 heavy (non-hydrogen) atoms. The van der Waals surface area contributed by atoms with E-state index in [-0.39, 0.29) is 0 Å². The molecule has 0 amide bonds. The van der Waals surface area contributed by atoms with Gasteiger partial charge in [-0.2, -0.15) is 0 Å². The molecule has 0 radical (unpaired) electrons. The molecule has 1 heteroatoms. The van der Waals surface area contributed by atoms with E-state index in [1.807, 2.05) is 0 Å². The molecule has 1 saturated carbocycles. The fourth-order valence-corrected chi connectivity index (χ4v) is 3.35. The summed E-state index contributed by atoms with van der Waals surface area (Å²) in [5.41, 5.74) is 0. The Labute approximate surface area is 96.0 Å². The van der Waals surface area contributed by atoms with Crippen molar-refractivity contribution in [3.05, 3.63) is 0 Å². The minimum Gasteiger partial charge on any atom is -0.317 e. The zero-order valence-corrected chi connectivity index (χ0v) is 11.1. The molecule has 3 unspecified atom stereocenters. The minimum absolute atomic E-state index is 0.854. The highest BCUT2D eigenvalue weighted by Crippen LogP contribution is 2.35. The van der Waals surface area contributed by atoms with E-state index in [2.05, 4.69) is 33.0 Å². The van der Waals surface area contributed by atoms with Gasteiger partial charge in [-0.15, -0.1) is 0 Å². The Bertz CT molecular complexity index is 157. The Morgan fingerprint density at radius 1 is 1.13 bits per heavy atom. The molecule has 1 aliphatic rings. The van der Waals surface area contributed by atoms with Crippen LogP contribution in [0.1, 0.15) is 53.4 Å². The lowest BCUT2D eigenvalue weighted by molar-refractivity contribution is 0.191. The van der Waals surface area contributed by atoms with Gasteiger partial charge in [-0.05, 0) is 62.4 Å². The molecule has 0 spiro atoms. The molecule has 0 bridgehead atoms. The summed E-state index contributed by atoms with van der Waals surface area (Å²) in [6, 6.07) is 0. The van der Waals surface area contributed by atoms with E-state index in [9.17, 15) is 0 Å². The van der Waals surface area contributed by atoms with Crippen LogP contribution in [0.2, 0.25) is 0 Å². The summed E-state index contributed by atoms with van der Waals surface area (Å²) in [6.07, 6.45) is 5.83. The molecule has 0 aromatic carbocycles. The lowest BCUT2D eigenvalue weighted by Gasteiger charge is -2.33. The van der Waals surface area contributed by atoms with Crippen LogP contribution < -0.4 is 5.32 Å². The smallest absolute Gasteiger partial charge is 0.00232 e. The van der Waals surface area contributed by atoms with Crippen LogP contribution in [0.5, 0.6) is 0 Å². The van der Waals surface area contributed by atoms with Crippen molar-refractivity contribution in [1.29, 1.82) is 0 Å². The second-order valence-electron chi connectivity index (χ2n) is 5.93. The van der Waals surface area contributed by atoms with Gasteiger partial charge >= 0.3 is 0 Å². The fourth-order valence-electron chi connectivity index (χ4n) is 3.35. The third-order valence-corrected chi connectivity index (χ3v) is 3.75. The molecule has 0 aliphatic heterocycles. The summed E-state index contributed by atoms with van der Waals surface area (Å²) in [5, 5.41) is 3.46. The van der Waals surface area contributed by atoms with Crippen molar-refractivity contribution < 1.29 is 0 Å². The maximum Gasteiger partial charge on any atom is -0.00232 e. The van der Waals surface area contributed by atoms with E-state index in [1.54, 1.807) is 0 Å². The van der Waals surface area contributed by atoms with Crippen LogP contribution in [-0.4, -0.2) is 13.1 Å². The molecule has 1 rings (SSSR count). The maximum atomic E-state index is 3.46. The predicted octanol–water partition coefficient (Wildman–Crippen LogP) is 3.69. The summed E-state index contributed by atoms with van der Waals surface area (Å²) < 4.78 is 0. The lowest BCUT2D eigenvalue weighted by Crippen LogP contribution is -2.26. The van der Waals surface area contributed by atoms with Gasteiger partial charge in [0.1, 0.15) is 0 Å². The first kappa shape index (κ1) is 13.0. The van der Waals surface area contributed by atoms with Crippen molar-refractivity contribution in [2.45, 2.75) is 53.4 Å². The number of nitrogens with one attached hydrogen (secondary N) is 1. The monoisotopic (exact) mass is 211 g/mol. The molecule has 1 aliphatic carbocycles. The Morgan fingerprint density at radius 3 is 2.27 bits per heavy atom. The van der Waals surface area contributed by atoms with Crippen LogP contribution in [0.15, 0.2) is 0 Å². The third-order valence-electron chi connectivity index (χ3n) is 3.75. The molecule has 0 heterocycles. The van der Waals surface area contributed by atoms with Crippen molar-refractivity contribution in [1.82, 2.24) is 5.32 Å². The Balaban J connectivity index is 2.24. The summed E-state index contributed by atoms with van der Waals surface area (Å²) in [7, 11) is 0. The van der Waals surface area contributed by atoms with Crippen LogP contribution in [0.25, 0.3) is 0 Å². The van der Waals surface area contributed by atoms with E-state index in [0.29, 0.717) is 0 Å². The molecule has 0 saturated heterocycles. The van der Waals surface area contributed by atoms with Gasteiger partial charge in [0.25, 0.3) is 0 Å². The first-order valence-electron chi connectivity index (χ1n) is 6.82. The molecule has 1 fully saturated rings. The van der Waals surface area contributed by atoms with Crippen LogP contribution in [0.3, 0.4) is 0 Å². The van der Waals surface area contributed by atoms with Gasteiger partial charge in [0.2, 0.25) is 0 Å². The third kappa shape index (κ3) is 5.01. The molecule has 0 aromatic rings. The molecule has 1 N–H and O–H groups in total. The van der Waals surface area contributed by atoms with E-state index >= 15 is 0 Å².